The first-order chi connectivity index (χ1) is 8.28. The highest BCUT2D eigenvalue weighted by Crippen LogP contribution is 2.36. The summed E-state index contributed by atoms with van der Waals surface area (Å²) in [5.74, 6) is 0.0624. The van der Waals surface area contributed by atoms with Crippen molar-refractivity contribution in [2.24, 2.45) is 0 Å². The molecule has 1 unspecified atom stereocenters. The monoisotopic (exact) mass is 232 g/mol. The van der Waals surface area contributed by atoms with Crippen LogP contribution in [0.4, 0.5) is 5.69 Å². The third kappa shape index (κ3) is 2.41. The van der Waals surface area contributed by atoms with E-state index in [4.69, 9.17) is 14.7 Å². The van der Waals surface area contributed by atoms with Crippen molar-refractivity contribution < 1.29 is 9.47 Å². The molecular formula is C13H16N2O2. The minimum absolute atomic E-state index is 0.0624. The minimum atomic E-state index is -0.257. The Kier molecular flexibility index (Phi) is 3.62. The summed E-state index contributed by atoms with van der Waals surface area (Å²) in [5, 5.41) is 12.1. The van der Waals surface area contributed by atoms with E-state index in [9.17, 15) is 0 Å². The molecule has 0 heterocycles. The molecule has 1 N–H and O–H groups in total. The molecule has 0 bridgehead atoms. The molecule has 0 saturated heterocycles. The maximum Gasteiger partial charge on any atom is 0.173 e. The van der Waals surface area contributed by atoms with Crippen LogP contribution in [0.25, 0.3) is 0 Å². The van der Waals surface area contributed by atoms with Crippen LogP contribution in [0.3, 0.4) is 0 Å². The number of rotatable bonds is 5. The molecule has 4 heteroatoms. The van der Waals surface area contributed by atoms with Gasteiger partial charge in [-0.05, 0) is 29.7 Å². The number of nitrogens with zero attached hydrogens (tertiary/aromatic N) is 1. The van der Waals surface area contributed by atoms with E-state index in [1.54, 1.807) is 14.2 Å². The van der Waals surface area contributed by atoms with Gasteiger partial charge in [0.05, 0.1) is 18.5 Å². The van der Waals surface area contributed by atoms with E-state index in [1.807, 2.05) is 12.1 Å². The van der Waals surface area contributed by atoms with Gasteiger partial charge in [-0.3, -0.25) is 0 Å². The Morgan fingerprint density at radius 2 is 2.24 bits per heavy atom. The zero-order chi connectivity index (χ0) is 12.3. The number of fused-ring (bicyclic) bond motifs is 1. The van der Waals surface area contributed by atoms with Crippen molar-refractivity contribution in [2.45, 2.75) is 18.6 Å². The van der Waals surface area contributed by atoms with Crippen molar-refractivity contribution in [3.8, 4) is 6.07 Å². The zero-order valence-corrected chi connectivity index (χ0v) is 10.1. The molecule has 4 nitrogen and oxygen atoms in total. The van der Waals surface area contributed by atoms with Gasteiger partial charge in [0.2, 0.25) is 0 Å². The topological polar surface area (TPSA) is 54.3 Å². The van der Waals surface area contributed by atoms with Crippen molar-refractivity contribution >= 4 is 5.69 Å². The van der Waals surface area contributed by atoms with Crippen LogP contribution in [0.5, 0.6) is 0 Å². The number of ether oxygens (including phenoxy) is 2. The van der Waals surface area contributed by atoms with Gasteiger partial charge in [-0.2, -0.15) is 5.26 Å². The highest BCUT2D eigenvalue weighted by Gasteiger charge is 2.25. The Hall–Kier alpha value is -1.57. The smallest absolute Gasteiger partial charge is 0.173 e. The van der Waals surface area contributed by atoms with Gasteiger partial charge >= 0.3 is 0 Å². The summed E-state index contributed by atoms with van der Waals surface area (Å²) < 4.78 is 10.2. The lowest BCUT2D eigenvalue weighted by Gasteiger charge is -2.25. The number of hydrogen-bond acceptors (Lipinski definition) is 4. The van der Waals surface area contributed by atoms with Crippen LogP contribution >= 0.6 is 0 Å². The average molecular weight is 232 g/mol. The van der Waals surface area contributed by atoms with E-state index < -0.39 is 0 Å². The molecule has 1 aliphatic carbocycles. The summed E-state index contributed by atoms with van der Waals surface area (Å²) in [6.07, 6.45) is 0.623. The quantitative estimate of drug-likeness (QED) is 0.787. The molecule has 2 rings (SSSR count). The number of nitriles is 1. The first-order valence-corrected chi connectivity index (χ1v) is 5.60. The highest BCUT2D eigenvalue weighted by atomic mass is 16.7. The zero-order valence-electron chi connectivity index (χ0n) is 10.1. The predicted octanol–water partition coefficient (Wildman–Crippen LogP) is 1.88. The van der Waals surface area contributed by atoms with Gasteiger partial charge in [-0.15, -0.1) is 0 Å². The van der Waals surface area contributed by atoms with Crippen LogP contribution in [-0.2, 0) is 15.9 Å². The molecule has 0 amide bonds. The molecule has 0 aliphatic heterocycles. The van der Waals surface area contributed by atoms with Crippen LogP contribution in [0.15, 0.2) is 18.2 Å². The maximum absolute atomic E-state index is 8.91. The molecule has 0 spiro atoms. The van der Waals surface area contributed by atoms with Gasteiger partial charge in [-0.1, -0.05) is 6.07 Å². The van der Waals surface area contributed by atoms with Crippen LogP contribution in [0, 0.1) is 11.3 Å². The fourth-order valence-electron chi connectivity index (χ4n) is 1.99. The molecule has 0 saturated carbocycles. The van der Waals surface area contributed by atoms with Crippen molar-refractivity contribution in [3.05, 3.63) is 29.3 Å². The van der Waals surface area contributed by atoms with E-state index in [0.29, 0.717) is 6.54 Å². The second-order valence-corrected chi connectivity index (χ2v) is 4.08. The first-order valence-electron chi connectivity index (χ1n) is 5.60. The Bertz CT molecular complexity index is 436. The normalized spacial score (nSPS) is 17.2. The SMILES string of the molecule is COC(CNc1ccc2c(c1)C(C#N)C2)OC. The summed E-state index contributed by atoms with van der Waals surface area (Å²) in [7, 11) is 3.22. The standard InChI is InChI=1S/C13H16N2O2/c1-16-13(17-2)8-15-11-4-3-9-5-10(7-14)12(9)6-11/h3-4,6,10,13,15H,5,8H2,1-2H3. The first kappa shape index (κ1) is 11.9. The molecular weight excluding hydrogens is 216 g/mol. The summed E-state index contributed by atoms with van der Waals surface area (Å²) in [5.41, 5.74) is 3.42. The minimum Gasteiger partial charge on any atom is -0.380 e. The lowest BCUT2D eigenvalue weighted by Crippen LogP contribution is -2.24. The van der Waals surface area contributed by atoms with Crippen LogP contribution in [-0.4, -0.2) is 27.1 Å². The average Bonchev–Trinajstić information content (AvgIpc) is 2.34. The third-order valence-electron chi connectivity index (χ3n) is 3.10. The number of hydrogen-bond donors (Lipinski definition) is 1. The lowest BCUT2D eigenvalue weighted by atomic mass is 9.78. The Labute approximate surface area is 101 Å². The molecule has 17 heavy (non-hydrogen) atoms. The second-order valence-electron chi connectivity index (χ2n) is 4.08. The van der Waals surface area contributed by atoms with E-state index >= 15 is 0 Å². The van der Waals surface area contributed by atoms with Gasteiger partial charge in [0, 0.05) is 19.9 Å². The molecule has 1 aromatic rings. The van der Waals surface area contributed by atoms with Crippen molar-refractivity contribution in [3.63, 3.8) is 0 Å². The summed E-state index contributed by atoms with van der Waals surface area (Å²) in [6, 6.07) is 8.42. The summed E-state index contributed by atoms with van der Waals surface area (Å²) in [6.45, 7) is 0.586. The van der Waals surface area contributed by atoms with E-state index in [0.717, 1.165) is 17.7 Å². The van der Waals surface area contributed by atoms with E-state index in [2.05, 4.69) is 17.5 Å². The van der Waals surface area contributed by atoms with Gasteiger partial charge in [-0.25, -0.2) is 0 Å². The lowest BCUT2D eigenvalue weighted by molar-refractivity contribution is -0.0914. The van der Waals surface area contributed by atoms with Crippen molar-refractivity contribution in [1.82, 2.24) is 0 Å². The van der Waals surface area contributed by atoms with Crippen LogP contribution in [0.2, 0.25) is 0 Å². The van der Waals surface area contributed by atoms with E-state index in [-0.39, 0.29) is 12.2 Å². The predicted molar refractivity (Wildman–Crippen MR) is 64.8 cm³/mol. The number of benzene rings is 1. The molecule has 0 fully saturated rings. The molecule has 1 aliphatic rings. The Balaban J connectivity index is 1.99. The fraction of sp³-hybridized carbons (Fsp3) is 0.462. The molecule has 90 valence electrons. The van der Waals surface area contributed by atoms with Crippen LogP contribution in [0.1, 0.15) is 17.0 Å². The molecule has 0 aromatic heterocycles. The van der Waals surface area contributed by atoms with Gasteiger partial charge in [0.15, 0.2) is 6.29 Å². The van der Waals surface area contributed by atoms with Gasteiger partial charge in [0.25, 0.3) is 0 Å². The number of anilines is 1. The fourth-order valence-corrected chi connectivity index (χ4v) is 1.99. The molecule has 0 radical (unpaired) electrons. The summed E-state index contributed by atoms with van der Waals surface area (Å²) >= 11 is 0. The Morgan fingerprint density at radius 3 is 2.88 bits per heavy atom. The number of methoxy groups -OCH3 is 2. The van der Waals surface area contributed by atoms with Gasteiger partial charge < -0.3 is 14.8 Å². The Morgan fingerprint density at radius 1 is 1.47 bits per heavy atom. The molecule has 1 atom stereocenters. The van der Waals surface area contributed by atoms with Crippen molar-refractivity contribution in [1.29, 1.82) is 5.26 Å². The highest BCUT2D eigenvalue weighted by molar-refractivity contribution is 5.55. The van der Waals surface area contributed by atoms with Crippen LogP contribution < -0.4 is 5.32 Å². The van der Waals surface area contributed by atoms with Gasteiger partial charge in [0.1, 0.15) is 0 Å². The van der Waals surface area contributed by atoms with Crippen molar-refractivity contribution in [2.75, 3.05) is 26.1 Å². The summed E-state index contributed by atoms with van der Waals surface area (Å²) in [4.78, 5) is 0. The second kappa shape index (κ2) is 5.17. The maximum atomic E-state index is 8.91. The third-order valence-corrected chi connectivity index (χ3v) is 3.10. The van der Waals surface area contributed by atoms with E-state index in [1.165, 1.54) is 5.56 Å². The largest absolute Gasteiger partial charge is 0.380 e. The number of nitrogens with one attached hydrogen (secondary N) is 1. The molecule has 1 aromatic carbocycles.